The quantitative estimate of drug-likeness (QED) is 0.431. The van der Waals surface area contributed by atoms with Crippen molar-refractivity contribution in [2.45, 2.75) is 25.9 Å². The summed E-state index contributed by atoms with van der Waals surface area (Å²) in [6, 6.07) is 0. The van der Waals surface area contributed by atoms with Gasteiger partial charge in [-0.25, -0.2) is 0 Å². The largest absolute Gasteiger partial charge is 0.463 e. The minimum absolute atomic E-state index is 0.113. The molecule has 0 aromatic rings. The highest BCUT2D eigenvalue weighted by Gasteiger charge is 2.23. The molecule has 1 atom stereocenters. The standard InChI is InChI=1S/C7H12O3/c1-2-3-7(8)10-5-6-4-9-6/h6H,2-5H2,1H3/t6-/m0/s1. The molecule has 0 saturated carbocycles. The van der Waals surface area contributed by atoms with Gasteiger partial charge < -0.3 is 9.47 Å². The van der Waals surface area contributed by atoms with Gasteiger partial charge in [0.1, 0.15) is 12.7 Å². The second-order valence-electron chi connectivity index (χ2n) is 2.39. The summed E-state index contributed by atoms with van der Waals surface area (Å²) in [7, 11) is 0. The van der Waals surface area contributed by atoms with Crippen molar-refractivity contribution in [3.05, 3.63) is 0 Å². The van der Waals surface area contributed by atoms with Crippen LogP contribution in [0.4, 0.5) is 0 Å². The summed E-state index contributed by atoms with van der Waals surface area (Å²) in [4.78, 5) is 10.7. The number of hydrogen-bond acceptors (Lipinski definition) is 3. The summed E-state index contributed by atoms with van der Waals surface area (Å²) in [5, 5.41) is 0. The first kappa shape index (κ1) is 7.54. The third-order valence-electron chi connectivity index (χ3n) is 1.29. The molecule has 0 aromatic carbocycles. The number of rotatable bonds is 4. The smallest absolute Gasteiger partial charge is 0.305 e. The van der Waals surface area contributed by atoms with E-state index >= 15 is 0 Å². The molecule has 0 aromatic heterocycles. The van der Waals surface area contributed by atoms with Gasteiger partial charge in [-0.1, -0.05) is 6.92 Å². The molecule has 1 rings (SSSR count). The Hall–Kier alpha value is -0.570. The highest BCUT2D eigenvalue weighted by molar-refractivity contribution is 5.69. The molecule has 0 aliphatic carbocycles. The van der Waals surface area contributed by atoms with Crippen molar-refractivity contribution >= 4 is 5.97 Å². The third kappa shape index (κ3) is 2.82. The third-order valence-corrected chi connectivity index (χ3v) is 1.29. The van der Waals surface area contributed by atoms with E-state index in [1.807, 2.05) is 6.92 Å². The van der Waals surface area contributed by atoms with Crippen molar-refractivity contribution in [1.82, 2.24) is 0 Å². The molecule has 1 heterocycles. The Morgan fingerprint density at radius 1 is 1.80 bits per heavy atom. The summed E-state index contributed by atoms with van der Waals surface area (Å²) in [5.74, 6) is -0.113. The van der Waals surface area contributed by atoms with Gasteiger partial charge >= 0.3 is 5.97 Å². The lowest BCUT2D eigenvalue weighted by atomic mass is 10.3. The molecular formula is C7H12O3. The van der Waals surface area contributed by atoms with E-state index in [9.17, 15) is 4.79 Å². The minimum atomic E-state index is -0.113. The molecule has 0 unspecified atom stereocenters. The Kier molecular flexibility index (Phi) is 2.68. The van der Waals surface area contributed by atoms with Gasteiger partial charge in [-0.2, -0.15) is 0 Å². The van der Waals surface area contributed by atoms with Gasteiger partial charge in [0.05, 0.1) is 6.61 Å². The van der Waals surface area contributed by atoms with Gasteiger partial charge in [-0.15, -0.1) is 0 Å². The SMILES string of the molecule is CCCC(=O)OC[C@@H]1CO1. The second-order valence-corrected chi connectivity index (χ2v) is 2.39. The summed E-state index contributed by atoms with van der Waals surface area (Å²) in [6.07, 6.45) is 1.57. The molecule has 0 N–H and O–H groups in total. The topological polar surface area (TPSA) is 38.8 Å². The monoisotopic (exact) mass is 144 g/mol. The van der Waals surface area contributed by atoms with Crippen molar-refractivity contribution in [3.8, 4) is 0 Å². The summed E-state index contributed by atoms with van der Waals surface area (Å²) in [5.41, 5.74) is 0. The number of carbonyl (C=O) groups excluding carboxylic acids is 1. The van der Waals surface area contributed by atoms with Gasteiger partial charge in [0.15, 0.2) is 0 Å². The molecule has 1 aliphatic rings. The van der Waals surface area contributed by atoms with Crippen LogP contribution in [-0.4, -0.2) is 25.3 Å². The fourth-order valence-electron chi connectivity index (χ4n) is 0.626. The lowest BCUT2D eigenvalue weighted by molar-refractivity contribution is -0.144. The van der Waals surface area contributed by atoms with E-state index in [0.29, 0.717) is 13.0 Å². The van der Waals surface area contributed by atoms with Crippen molar-refractivity contribution in [2.75, 3.05) is 13.2 Å². The molecule has 1 saturated heterocycles. The lowest BCUT2D eigenvalue weighted by Gasteiger charge is -1.99. The average molecular weight is 144 g/mol. The van der Waals surface area contributed by atoms with Gasteiger partial charge in [0.2, 0.25) is 0 Å². The predicted molar refractivity (Wildman–Crippen MR) is 35.6 cm³/mol. The zero-order valence-electron chi connectivity index (χ0n) is 6.13. The highest BCUT2D eigenvalue weighted by atomic mass is 16.6. The molecule has 0 radical (unpaired) electrons. The maximum absolute atomic E-state index is 10.7. The Morgan fingerprint density at radius 2 is 2.50 bits per heavy atom. The first-order valence-corrected chi connectivity index (χ1v) is 3.60. The first-order chi connectivity index (χ1) is 4.83. The molecular weight excluding hydrogens is 132 g/mol. The van der Waals surface area contributed by atoms with E-state index in [4.69, 9.17) is 9.47 Å². The Bertz CT molecular complexity index is 118. The Labute approximate surface area is 60.3 Å². The van der Waals surface area contributed by atoms with Gasteiger partial charge in [0, 0.05) is 6.42 Å². The van der Waals surface area contributed by atoms with Crippen LogP contribution in [0.2, 0.25) is 0 Å². The van der Waals surface area contributed by atoms with Crippen LogP contribution in [0.1, 0.15) is 19.8 Å². The van der Waals surface area contributed by atoms with E-state index in [-0.39, 0.29) is 12.1 Å². The lowest BCUT2D eigenvalue weighted by Crippen LogP contribution is -2.08. The van der Waals surface area contributed by atoms with Crippen LogP contribution in [0.15, 0.2) is 0 Å². The number of ether oxygens (including phenoxy) is 2. The molecule has 0 bridgehead atoms. The molecule has 58 valence electrons. The summed E-state index contributed by atoms with van der Waals surface area (Å²) >= 11 is 0. The number of hydrogen-bond donors (Lipinski definition) is 0. The minimum Gasteiger partial charge on any atom is -0.463 e. The van der Waals surface area contributed by atoms with Crippen LogP contribution in [-0.2, 0) is 14.3 Å². The fourth-order valence-corrected chi connectivity index (χ4v) is 0.626. The van der Waals surface area contributed by atoms with Crippen LogP contribution in [0.3, 0.4) is 0 Å². The normalized spacial score (nSPS) is 22.3. The number of esters is 1. The highest BCUT2D eigenvalue weighted by Crippen LogP contribution is 2.08. The van der Waals surface area contributed by atoms with Gasteiger partial charge in [-0.3, -0.25) is 4.79 Å². The molecule has 1 aliphatic heterocycles. The van der Waals surface area contributed by atoms with Crippen LogP contribution < -0.4 is 0 Å². The molecule has 0 spiro atoms. The van der Waals surface area contributed by atoms with Crippen molar-refractivity contribution in [1.29, 1.82) is 0 Å². The summed E-state index contributed by atoms with van der Waals surface area (Å²) in [6.45, 7) is 3.15. The van der Waals surface area contributed by atoms with Crippen LogP contribution in [0.25, 0.3) is 0 Å². The summed E-state index contributed by atoms with van der Waals surface area (Å²) < 4.78 is 9.70. The maximum Gasteiger partial charge on any atom is 0.305 e. The zero-order chi connectivity index (χ0) is 7.40. The van der Waals surface area contributed by atoms with Crippen LogP contribution in [0.5, 0.6) is 0 Å². The van der Waals surface area contributed by atoms with Gasteiger partial charge in [0.25, 0.3) is 0 Å². The van der Waals surface area contributed by atoms with E-state index < -0.39 is 0 Å². The van der Waals surface area contributed by atoms with E-state index in [1.54, 1.807) is 0 Å². The molecule has 1 fully saturated rings. The maximum atomic E-state index is 10.7. The van der Waals surface area contributed by atoms with Gasteiger partial charge in [-0.05, 0) is 6.42 Å². The number of carbonyl (C=O) groups is 1. The predicted octanol–water partition coefficient (Wildman–Crippen LogP) is 0.729. The fraction of sp³-hybridized carbons (Fsp3) is 0.857. The van der Waals surface area contributed by atoms with Crippen LogP contribution in [0, 0.1) is 0 Å². The van der Waals surface area contributed by atoms with Crippen LogP contribution >= 0.6 is 0 Å². The average Bonchev–Trinajstić information content (AvgIpc) is 2.67. The molecule has 0 amide bonds. The number of epoxide rings is 1. The van der Waals surface area contributed by atoms with Crippen molar-refractivity contribution in [2.24, 2.45) is 0 Å². The molecule has 10 heavy (non-hydrogen) atoms. The Balaban J connectivity index is 1.94. The van der Waals surface area contributed by atoms with Crippen molar-refractivity contribution in [3.63, 3.8) is 0 Å². The van der Waals surface area contributed by atoms with E-state index in [2.05, 4.69) is 0 Å². The molecule has 3 nitrogen and oxygen atoms in total. The zero-order valence-corrected chi connectivity index (χ0v) is 6.13. The van der Waals surface area contributed by atoms with Crippen molar-refractivity contribution < 1.29 is 14.3 Å². The second kappa shape index (κ2) is 3.56. The van der Waals surface area contributed by atoms with E-state index in [0.717, 1.165) is 13.0 Å². The first-order valence-electron chi connectivity index (χ1n) is 3.60. The molecule has 3 heteroatoms. The van der Waals surface area contributed by atoms with E-state index in [1.165, 1.54) is 0 Å². The Morgan fingerprint density at radius 3 is 3.00 bits per heavy atom.